The smallest absolute Gasteiger partial charge is 0.318 e. The van der Waals surface area contributed by atoms with Crippen molar-refractivity contribution in [2.24, 2.45) is 5.10 Å². The van der Waals surface area contributed by atoms with Crippen LogP contribution in [0.2, 0.25) is 0 Å². The molecule has 0 atom stereocenters. The number of rotatable bonds is 5. The minimum Gasteiger partial charge on any atom is -0.318 e. The number of urea groups is 1. The molecule has 0 aliphatic carbocycles. The van der Waals surface area contributed by atoms with Gasteiger partial charge in [-0.3, -0.25) is 0 Å². The third-order valence-electron chi connectivity index (χ3n) is 4.93. The highest BCUT2D eigenvalue weighted by atomic mass is 16.2. The summed E-state index contributed by atoms with van der Waals surface area (Å²) < 4.78 is 2.23. The van der Waals surface area contributed by atoms with E-state index in [1.54, 1.807) is 6.21 Å². The summed E-state index contributed by atoms with van der Waals surface area (Å²) >= 11 is 0. The highest BCUT2D eigenvalue weighted by Crippen LogP contribution is 2.23. The van der Waals surface area contributed by atoms with Crippen molar-refractivity contribution in [3.05, 3.63) is 82.2 Å². The van der Waals surface area contributed by atoms with Crippen LogP contribution in [-0.2, 0) is 6.42 Å². The van der Waals surface area contributed by atoms with Crippen LogP contribution in [0.1, 0.15) is 40.6 Å². The molecule has 5 heteroatoms. The lowest BCUT2D eigenvalue weighted by atomic mass is 10.1. The van der Waals surface area contributed by atoms with E-state index in [2.05, 4.69) is 77.6 Å². The number of anilines is 1. The van der Waals surface area contributed by atoms with Crippen molar-refractivity contribution in [3.8, 4) is 5.69 Å². The molecule has 2 N–H and O–H groups in total. The Balaban J connectivity index is 1.74. The van der Waals surface area contributed by atoms with E-state index in [4.69, 9.17) is 0 Å². The van der Waals surface area contributed by atoms with Crippen LogP contribution in [0.25, 0.3) is 5.69 Å². The van der Waals surface area contributed by atoms with Crippen LogP contribution in [0.3, 0.4) is 0 Å². The molecule has 1 heterocycles. The fraction of sp³-hybridized carbons (Fsp3) is 0.250. The number of hydrogen-bond donors (Lipinski definition) is 2. The molecule has 0 aliphatic heterocycles. The van der Waals surface area contributed by atoms with Gasteiger partial charge in [0.05, 0.1) is 6.21 Å². The number of hydrogen-bond acceptors (Lipinski definition) is 2. The molecule has 0 saturated carbocycles. The van der Waals surface area contributed by atoms with Crippen LogP contribution in [-0.4, -0.2) is 16.8 Å². The number of para-hydroxylation sites is 1. The van der Waals surface area contributed by atoms with Crippen LogP contribution in [0, 0.1) is 27.7 Å². The van der Waals surface area contributed by atoms with Crippen molar-refractivity contribution in [2.45, 2.75) is 41.0 Å². The van der Waals surface area contributed by atoms with Gasteiger partial charge in [0.15, 0.2) is 0 Å². The van der Waals surface area contributed by atoms with Gasteiger partial charge >= 0.3 is 6.03 Å². The van der Waals surface area contributed by atoms with Gasteiger partial charge in [0.2, 0.25) is 0 Å². The summed E-state index contributed by atoms with van der Waals surface area (Å²) in [5.74, 6) is 0. The number of carbonyl (C=O) groups excluding carboxylic acids is 1. The topological polar surface area (TPSA) is 58.4 Å². The van der Waals surface area contributed by atoms with Gasteiger partial charge in [-0.15, -0.1) is 0 Å². The summed E-state index contributed by atoms with van der Waals surface area (Å²) in [6.45, 7) is 10.3. The maximum absolute atomic E-state index is 12.1. The van der Waals surface area contributed by atoms with Gasteiger partial charge < -0.3 is 9.88 Å². The quantitative estimate of drug-likeness (QED) is 0.444. The molecular formula is C24H28N4O. The fourth-order valence-corrected chi connectivity index (χ4v) is 3.68. The number of amides is 2. The largest absolute Gasteiger partial charge is 0.339 e. The standard InChI is InChI=1S/C24H28N4O/c1-6-20-9-7-8-10-23(20)28-18(4)14-21(19(28)5)15-25-27-24(29)26-22-12-16(2)11-17(3)13-22/h7-15H,6H2,1-5H3,(H2,26,27,29)/b25-15+. The molecule has 0 aliphatic rings. The number of nitrogens with one attached hydrogen (secondary N) is 2. The Labute approximate surface area is 172 Å². The number of nitrogens with zero attached hydrogens (tertiary/aromatic N) is 2. The lowest BCUT2D eigenvalue weighted by molar-refractivity contribution is 0.252. The number of benzene rings is 2. The van der Waals surface area contributed by atoms with Crippen LogP contribution < -0.4 is 10.7 Å². The summed E-state index contributed by atoms with van der Waals surface area (Å²) in [5.41, 5.74) is 11.2. The van der Waals surface area contributed by atoms with Crippen molar-refractivity contribution < 1.29 is 4.79 Å². The Morgan fingerprint density at radius 2 is 1.72 bits per heavy atom. The van der Waals surface area contributed by atoms with E-state index in [0.717, 1.165) is 40.2 Å². The molecular weight excluding hydrogens is 360 g/mol. The average molecular weight is 389 g/mol. The zero-order valence-corrected chi connectivity index (χ0v) is 17.7. The van der Waals surface area contributed by atoms with Crippen molar-refractivity contribution in [2.75, 3.05) is 5.32 Å². The van der Waals surface area contributed by atoms with Gasteiger partial charge in [-0.1, -0.05) is 31.2 Å². The van der Waals surface area contributed by atoms with Crippen molar-refractivity contribution in [1.82, 2.24) is 9.99 Å². The highest BCUT2D eigenvalue weighted by molar-refractivity contribution is 5.90. The summed E-state index contributed by atoms with van der Waals surface area (Å²) in [6.07, 6.45) is 2.66. The van der Waals surface area contributed by atoms with Gasteiger partial charge in [-0.05, 0) is 75.1 Å². The summed E-state index contributed by atoms with van der Waals surface area (Å²) in [4.78, 5) is 12.1. The van der Waals surface area contributed by atoms with E-state index in [-0.39, 0.29) is 6.03 Å². The Morgan fingerprint density at radius 3 is 2.41 bits per heavy atom. The number of carbonyl (C=O) groups is 1. The zero-order valence-electron chi connectivity index (χ0n) is 17.7. The summed E-state index contributed by atoms with van der Waals surface area (Å²) in [5, 5.41) is 6.95. The molecule has 29 heavy (non-hydrogen) atoms. The summed E-state index contributed by atoms with van der Waals surface area (Å²) in [7, 11) is 0. The van der Waals surface area contributed by atoms with Crippen LogP contribution in [0.5, 0.6) is 0 Å². The van der Waals surface area contributed by atoms with Crippen LogP contribution in [0.15, 0.2) is 53.6 Å². The van der Waals surface area contributed by atoms with Gasteiger partial charge in [-0.2, -0.15) is 5.10 Å². The predicted molar refractivity (Wildman–Crippen MR) is 120 cm³/mol. The van der Waals surface area contributed by atoms with E-state index in [0.29, 0.717) is 0 Å². The first-order valence-corrected chi connectivity index (χ1v) is 9.84. The summed E-state index contributed by atoms with van der Waals surface area (Å²) in [6, 6.07) is 16.0. The molecule has 0 fully saturated rings. The molecule has 0 unspecified atom stereocenters. The van der Waals surface area contributed by atoms with E-state index >= 15 is 0 Å². The number of aryl methyl sites for hydroxylation is 4. The van der Waals surface area contributed by atoms with Crippen LogP contribution >= 0.6 is 0 Å². The first-order valence-electron chi connectivity index (χ1n) is 9.84. The maximum Gasteiger partial charge on any atom is 0.339 e. The Morgan fingerprint density at radius 1 is 1.03 bits per heavy atom. The first-order chi connectivity index (χ1) is 13.9. The van der Waals surface area contributed by atoms with Gasteiger partial charge in [0.25, 0.3) is 0 Å². The molecule has 3 aromatic rings. The van der Waals surface area contributed by atoms with Crippen LogP contribution in [0.4, 0.5) is 10.5 Å². The molecule has 0 spiro atoms. The zero-order chi connectivity index (χ0) is 21.0. The van der Waals surface area contributed by atoms with E-state index in [9.17, 15) is 4.79 Å². The normalized spacial score (nSPS) is 11.1. The lowest BCUT2D eigenvalue weighted by Gasteiger charge is -2.13. The predicted octanol–water partition coefficient (Wildman–Crippen LogP) is 5.43. The molecule has 0 bridgehead atoms. The lowest BCUT2D eigenvalue weighted by Crippen LogP contribution is -2.24. The highest BCUT2D eigenvalue weighted by Gasteiger charge is 2.12. The molecule has 150 valence electrons. The number of hydrazone groups is 1. The second-order valence-corrected chi connectivity index (χ2v) is 7.34. The number of aromatic nitrogens is 1. The monoisotopic (exact) mass is 388 g/mol. The molecule has 5 nitrogen and oxygen atoms in total. The van der Waals surface area contributed by atoms with Crippen molar-refractivity contribution in [3.63, 3.8) is 0 Å². The van der Waals surface area contributed by atoms with E-state index in [1.165, 1.54) is 11.3 Å². The molecule has 2 aromatic carbocycles. The van der Waals surface area contributed by atoms with Crippen molar-refractivity contribution >= 4 is 17.9 Å². The fourth-order valence-electron chi connectivity index (χ4n) is 3.68. The molecule has 1 aromatic heterocycles. The second kappa shape index (κ2) is 8.78. The van der Waals surface area contributed by atoms with Crippen molar-refractivity contribution in [1.29, 1.82) is 0 Å². The Hall–Kier alpha value is -3.34. The molecule has 2 amide bonds. The third kappa shape index (κ3) is 4.74. The SMILES string of the molecule is CCc1ccccc1-n1c(C)cc(/C=N/NC(=O)Nc2cc(C)cc(C)c2)c1C. The minimum absolute atomic E-state index is 0.364. The third-order valence-corrected chi connectivity index (χ3v) is 4.93. The average Bonchev–Trinajstić information content (AvgIpc) is 2.94. The van der Waals surface area contributed by atoms with E-state index in [1.807, 2.05) is 26.0 Å². The van der Waals surface area contributed by atoms with E-state index < -0.39 is 0 Å². The minimum atomic E-state index is -0.364. The first kappa shape index (κ1) is 20.4. The molecule has 0 saturated heterocycles. The Kier molecular flexibility index (Phi) is 6.17. The molecule has 3 rings (SSSR count). The second-order valence-electron chi connectivity index (χ2n) is 7.34. The Bertz CT molecular complexity index is 1040. The van der Waals surface area contributed by atoms with Gasteiger partial charge in [0, 0.05) is 28.3 Å². The van der Waals surface area contributed by atoms with Gasteiger partial charge in [-0.25, -0.2) is 10.2 Å². The van der Waals surface area contributed by atoms with Gasteiger partial charge in [0.1, 0.15) is 0 Å². The molecule has 0 radical (unpaired) electrons. The maximum atomic E-state index is 12.1.